The number of hydrogen-bond donors (Lipinski definition) is 1. The van der Waals surface area contributed by atoms with Gasteiger partial charge in [0.1, 0.15) is 0 Å². The normalized spacial score (nSPS) is 22.9. The van der Waals surface area contributed by atoms with Crippen molar-refractivity contribution in [3.63, 3.8) is 0 Å². The van der Waals surface area contributed by atoms with Crippen molar-refractivity contribution in [2.75, 3.05) is 39.9 Å². The summed E-state index contributed by atoms with van der Waals surface area (Å²) >= 11 is 0. The lowest BCUT2D eigenvalue weighted by atomic mass is 9.77. The van der Waals surface area contributed by atoms with Gasteiger partial charge in [-0.1, -0.05) is 32.4 Å². The second-order valence-corrected chi connectivity index (χ2v) is 7.44. The van der Waals surface area contributed by atoms with E-state index in [1.165, 1.54) is 5.57 Å². The third-order valence-electron chi connectivity index (χ3n) is 4.89. The van der Waals surface area contributed by atoms with Crippen molar-refractivity contribution < 1.29 is 9.53 Å². The number of piperidine rings is 1. The number of nitrogens with one attached hydrogen (secondary N) is 1. The van der Waals surface area contributed by atoms with Crippen LogP contribution in [0.15, 0.2) is 11.6 Å². The highest BCUT2D eigenvalue weighted by Crippen LogP contribution is 2.35. The van der Waals surface area contributed by atoms with Gasteiger partial charge in [0.25, 0.3) is 0 Å². The minimum Gasteiger partial charge on any atom is -0.384 e. The molecular formula is C17H30N2O2. The maximum absolute atomic E-state index is 13.0. The van der Waals surface area contributed by atoms with Gasteiger partial charge in [-0.2, -0.15) is 0 Å². The van der Waals surface area contributed by atoms with Gasteiger partial charge in [0, 0.05) is 20.2 Å². The molecule has 0 radical (unpaired) electrons. The Morgan fingerprint density at radius 1 is 1.38 bits per heavy atom. The number of amides is 1. The van der Waals surface area contributed by atoms with Crippen LogP contribution in [0.25, 0.3) is 0 Å². The lowest BCUT2D eigenvalue weighted by Gasteiger charge is -2.41. The number of carbonyl (C=O) groups is 1. The highest BCUT2D eigenvalue weighted by molar-refractivity contribution is 5.83. The van der Waals surface area contributed by atoms with E-state index in [0.29, 0.717) is 6.61 Å². The van der Waals surface area contributed by atoms with Crippen molar-refractivity contribution in [1.29, 1.82) is 0 Å². The van der Waals surface area contributed by atoms with Crippen LogP contribution in [-0.2, 0) is 9.53 Å². The molecular weight excluding hydrogens is 264 g/mol. The summed E-state index contributed by atoms with van der Waals surface area (Å²) in [5.41, 5.74) is 1.37. The lowest BCUT2D eigenvalue weighted by Crippen LogP contribution is -2.52. The first-order valence-electron chi connectivity index (χ1n) is 8.08. The summed E-state index contributed by atoms with van der Waals surface area (Å²) in [6, 6.07) is 0. The molecule has 4 nitrogen and oxygen atoms in total. The van der Waals surface area contributed by atoms with Gasteiger partial charge in [-0.15, -0.1) is 0 Å². The summed E-state index contributed by atoms with van der Waals surface area (Å²) in [4.78, 5) is 15.0. The fourth-order valence-electron chi connectivity index (χ4n) is 3.47. The maximum Gasteiger partial charge on any atom is 0.231 e. The average molecular weight is 294 g/mol. The Morgan fingerprint density at radius 3 is 2.52 bits per heavy atom. The van der Waals surface area contributed by atoms with Crippen LogP contribution < -0.4 is 5.32 Å². The molecule has 0 aliphatic carbocycles. The van der Waals surface area contributed by atoms with Crippen LogP contribution in [0.1, 0.15) is 40.0 Å². The van der Waals surface area contributed by atoms with Gasteiger partial charge in [0.05, 0.1) is 12.0 Å². The van der Waals surface area contributed by atoms with Gasteiger partial charge in [0.15, 0.2) is 0 Å². The number of ether oxygens (including phenoxy) is 1. The molecule has 0 aromatic heterocycles. The van der Waals surface area contributed by atoms with E-state index >= 15 is 0 Å². The fraction of sp³-hybridized carbons (Fsp3) is 0.824. The third kappa shape index (κ3) is 3.67. The van der Waals surface area contributed by atoms with Crippen molar-refractivity contribution in [1.82, 2.24) is 10.2 Å². The van der Waals surface area contributed by atoms with Crippen LogP contribution >= 0.6 is 0 Å². The number of methoxy groups -OCH3 is 1. The molecule has 0 aromatic carbocycles. The lowest BCUT2D eigenvalue weighted by molar-refractivity contribution is -0.147. The van der Waals surface area contributed by atoms with Gasteiger partial charge in [-0.05, 0) is 37.8 Å². The van der Waals surface area contributed by atoms with E-state index < -0.39 is 0 Å². The summed E-state index contributed by atoms with van der Waals surface area (Å²) in [6.07, 6.45) is 5.01. The van der Waals surface area contributed by atoms with Gasteiger partial charge in [-0.25, -0.2) is 0 Å². The first-order valence-corrected chi connectivity index (χ1v) is 8.08. The third-order valence-corrected chi connectivity index (χ3v) is 4.89. The smallest absolute Gasteiger partial charge is 0.231 e. The molecule has 1 amide bonds. The van der Waals surface area contributed by atoms with Gasteiger partial charge in [-0.3, -0.25) is 4.79 Å². The van der Waals surface area contributed by atoms with E-state index in [4.69, 9.17) is 4.74 Å². The molecule has 21 heavy (non-hydrogen) atoms. The largest absolute Gasteiger partial charge is 0.384 e. The van der Waals surface area contributed by atoms with Crippen molar-refractivity contribution in [2.24, 2.45) is 10.8 Å². The molecule has 1 N–H and O–H groups in total. The zero-order chi connectivity index (χ0) is 15.5. The standard InChI is InChI=1S/C17H30N2O2/c1-16(2,3)14-5-11-19(12-6-14)15(20)17(13-21-4)7-9-18-10-8-17/h5,18H,6-13H2,1-4H3. The van der Waals surface area contributed by atoms with Gasteiger partial charge < -0.3 is 15.0 Å². The van der Waals surface area contributed by atoms with E-state index in [2.05, 4.69) is 32.2 Å². The van der Waals surface area contributed by atoms with Crippen molar-refractivity contribution in [2.45, 2.75) is 40.0 Å². The molecule has 0 atom stereocenters. The molecule has 0 saturated carbocycles. The molecule has 0 bridgehead atoms. The number of rotatable bonds is 3. The first-order chi connectivity index (χ1) is 9.89. The fourth-order valence-corrected chi connectivity index (χ4v) is 3.47. The zero-order valence-corrected chi connectivity index (χ0v) is 14.0. The molecule has 120 valence electrons. The summed E-state index contributed by atoms with van der Waals surface area (Å²) in [5.74, 6) is 0.287. The summed E-state index contributed by atoms with van der Waals surface area (Å²) in [7, 11) is 1.70. The molecule has 0 aromatic rings. The second kappa shape index (κ2) is 6.49. The Bertz CT molecular complexity index is 398. The van der Waals surface area contributed by atoms with Crippen LogP contribution in [0.2, 0.25) is 0 Å². The van der Waals surface area contributed by atoms with E-state index in [9.17, 15) is 4.79 Å². The molecule has 4 heteroatoms. The Balaban J connectivity index is 2.07. The van der Waals surface area contributed by atoms with Gasteiger partial charge >= 0.3 is 0 Å². The number of nitrogens with zero attached hydrogens (tertiary/aromatic N) is 1. The Hall–Kier alpha value is -0.870. The Labute approximate surface area is 128 Å². The van der Waals surface area contributed by atoms with Gasteiger partial charge in [0.2, 0.25) is 5.91 Å². The van der Waals surface area contributed by atoms with E-state index in [0.717, 1.165) is 45.4 Å². The van der Waals surface area contributed by atoms with Crippen LogP contribution in [-0.4, -0.2) is 50.7 Å². The number of carbonyl (C=O) groups excluding carboxylic acids is 1. The van der Waals surface area contributed by atoms with Crippen LogP contribution in [0, 0.1) is 10.8 Å². The van der Waals surface area contributed by atoms with Crippen molar-refractivity contribution in [3.05, 3.63) is 11.6 Å². The molecule has 2 aliphatic heterocycles. The molecule has 2 aliphatic rings. The van der Waals surface area contributed by atoms with Crippen LogP contribution in [0.4, 0.5) is 0 Å². The topological polar surface area (TPSA) is 41.6 Å². The summed E-state index contributed by atoms with van der Waals surface area (Å²) in [5, 5.41) is 3.34. The molecule has 0 spiro atoms. The maximum atomic E-state index is 13.0. The Morgan fingerprint density at radius 2 is 2.05 bits per heavy atom. The highest BCUT2D eigenvalue weighted by atomic mass is 16.5. The molecule has 1 saturated heterocycles. The number of hydrogen-bond acceptors (Lipinski definition) is 3. The van der Waals surface area contributed by atoms with Crippen LogP contribution in [0.3, 0.4) is 0 Å². The Kier molecular flexibility index (Phi) is 5.10. The second-order valence-electron chi connectivity index (χ2n) is 7.44. The molecule has 1 fully saturated rings. The first kappa shape index (κ1) is 16.5. The molecule has 2 rings (SSSR count). The monoisotopic (exact) mass is 294 g/mol. The molecule has 0 unspecified atom stereocenters. The summed E-state index contributed by atoms with van der Waals surface area (Å²) in [6.45, 7) is 10.7. The zero-order valence-electron chi connectivity index (χ0n) is 14.0. The summed E-state index contributed by atoms with van der Waals surface area (Å²) < 4.78 is 5.38. The van der Waals surface area contributed by atoms with Crippen molar-refractivity contribution in [3.8, 4) is 0 Å². The van der Waals surface area contributed by atoms with E-state index in [1.54, 1.807) is 7.11 Å². The SMILES string of the molecule is COCC1(C(=O)N2CC=C(C(C)(C)C)CC2)CCNCC1. The predicted molar refractivity (Wildman–Crippen MR) is 85.1 cm³/mol. The van der Waals surface area contributed by atoms with E-state index in [1.807, 2.05) is 4.90 Å². The quantitative estimate of drug-likeness (QED) is 0.811. The average Bonchev–Trinajstić information content (AvgIpc) is 2.47. The highest BCUT2D eigenvalue weighted by Gasteiger charge is 2.42. The molecule has 2 heterocycles. The van der Waals surface area contributed by atoms with Crippen LogP contribution in [0.5, 0.6) is 0 Å². The predicted octanol–water partition coefficient (Wildman–Crippen LogP) is 2.21. The van der Waals surface area contributed by atoms with Crippen molar-refractivity contribution >= 4 is 5.91 Å². The minimum absolute atomic E-state index is 0.216. The van der Waals surface area contributed by atoms with E-state index in [-0.39, 0.29) is 16.7 Å². The minimum atomic E-state index is -0.312.